The van der Waals surface area contributed by atoms with Crippen LogP contribution in [0, 0.1) is 6.92 Å². The third kappa shape index (κ3) is 4.25. The number of rotatable bonds is 5. The Hall–Kier alpha value is -3.00. The highest BCUT2D eigenvalue weighted by atomic mass is 32.1. The first-order valence-corrected chi connectivity index (χ1v) is 11.2. The van der Waals surface area contributed by atoms with E-state index in [4.69, 9.17) is 4.74 Å². The Morgan fingerprint density at radius 3 is 2.58 bits per heavy atom. The van der Waals surface area contributed by atoms with Gasteiger partial charge in [0.05, 0.1) is 29.5 Å². The average molecular weight is 433 g/mol. The maximum absolute atomic E-state index is 12.9. The number of fused-ring (bicyclic) bond motifs is 1. The van der Waals surface area contributed by atoms with E-state index in [9.17, 15) is 4.79 Å². The standard InChI is InChI=1S/C24H24N4O2S/c1-17-21-15-22(31-24(21)28(26-17)20-5-3-2-4-6-20)23(29)25-19-9-7-18(8-10-19)16-27-11-13-30-14-12-27/h2-10,15H,11-14,16H2,1H3,(H,25,29). The Morgan fingerprint density at radius 1 is 1.10 bits per heavy atom. The molecule has 1 saturated heterocycles. The Morgan fingerprint density at radius 2 is 1.84 bits per heavy atom. The monoisotopic (exact) mass is 432 g/mol. The van der Waals surface area contributed by atoms with Gasteiger partial charge in [0.1, 0.15) is 4.83 Å². The highest BCUT2D eigenvalue weighted by Crippen LogP contribution is 2.31. The number of carbonyl (C=O) groups is 1. The van der Waals surface area contributed by atoms with Crippen molar-refractivity contribution in [2.75, 3.05) is 31.6 Å². The van der Waals surface area contributed by atoms with E-state index >= 15 is 0 Å². The molecule has 31 heavy (non-hydrogen) atoms. The lowest BCUT2D eigenvalue weighted by Gasteiger charge is -2.26. The van der Waals surface area contributed by atoms with E-state index in [1.807, 2.05) is 60.1 Å². The minimum Gasteiger partial charge on any atom is -0.379 e. The summed E-state index contributed by atoms with van der Waals surface area (Å²) in [5.41, 5.74) is 3.95. The number of benzene rings is 2. The Bertz CT molecular complexity index is 1190. The molecule has 1 fully saturated rings. The van der Waals surface area contributed by atoms with Crippen molar-refractivity contribution in [3.63, 3.8) is 0 Å². The van der Waals surface area contributed by atoms with Gasteiger partial charge in [0, 0.05) is 30.7 Å². The van der Waals surface area contributed by atoms with Crippen LogP contribution < -0.4 is 5.32 Å². The Labute approximate surface area is 185 Å². The predicted octanol–water partition coefficient (Wildman–Crippen LogP) is 4.48. The van der Waals surface area contributed by atoms with E-state index < -0.39 is 0 Å². The first kappa shape index (κ1) is 19.9. The van der Waals surface area contributed by atoms with Crippen molar-refractivity contribution in [2.24, 2.45) is 0 Å². The van der Waals surface area contributed by atoms with Crippen LogP contribution in [0.4, 0.5) is 5.69 Å². The van der Waals surface area contributed by atoms with Crippen LogP contribution in [-0.4, -0.2) is 46.9 Å². The highest BCUT2D eigenvalue weighted by molar-refractivity contribution is 7.20. The summed E-state index contributed by atoms with van der Waals surface area (Å²) < 4.78 is 7.31. The van der Waals surface area contributed by atoms with Gasteiger partial charge in [-0.05, 0) is 42.8 Å². The number of hydrogen-bond donors (Lipinski definition) is 1. The van der Waals surface area contributed by atoms with Gasteiger partial charge >= 0.3 is 0 Å². The molecule has 0 aliphatic carbocycles. The molecule has 5 rings (SSSR count). The van der Waals surface area contributed by atoms with Gasteiger partial charge in [0.15, 0.2) is 0 Å². The minimum absolute atomic E-state index is 0.0962. The molecule has 0 unspecified atom stereocenters. The zero-order chi connectivity index (χ0) is 21.2. The number of carbonyl (C=O) groups excluding carboxylic acids is 1. The van der Waals surface area contributed by atoms with Gasteiger partial charge in [-0.15, -0.1) is 11.3 Å². The molecule has 0 radical (unpaired) electrons. The van der Waals surface area contributed by atoms with E-state index in [1.165, 1.54) is 16.9 Å². The highest BCUT2D eigenvalue weighted by Gasteiger charge is 2.17. The zero-order valence-corrected chi connectivity index (χ0v) is 18.2. The number of aryl methyl sites for hydroxylation is 1. The first-order chi connectivity index (χ1) is 15.2. The summed E-state index contributed by atoms with van der Waals surface area (Å²) in [6, 6.07) is 20.0. The molecule has 0 atom stereocenters. The largest absolute Gasteiger partial charge is 0.379 e. The Balaban J connectivity index is 1.31. The maximum atomic E-state index is 12.9. The fraction of sp³-hybridized carbons (Fsp3) is 0.250. The van der Waals surface area contributed by atoms with Crippen molar-refractivity contribution in [2.45, 2.75) is 13.5 Å². The van der Waals surface area contributed by atoms with Crippen LogP contribution in [-0.2, 0) is 11.3 Å². The normalized spacial score (nSPS) is 14.7. The molecule has 0 spiro atoms. The lowest BCUT2D eigenvalue weighted by Crippen LogP contribution is -2.35. The van der Waals surface area contributed by atoms with Crippen LogP contribution in [0.25, 0.3) is 15.9 Å². The first-order valence-electron chi connectivity index (χ1n) is 10.4. The molecule has 0 bridgehead atoms. The summed E-state index contributed by atoms with van der Waals surface area (Å²) in [6.45, 7) is 6.40. The summed E-state index contributed by atoms with van der Waals surface area (Å²) in [5.74, 6) is -0.0962. The van der Waals surface area contributed by atoms with Gasteiger partial charge in [-0.3, -0.25) is 9.69 Å². The topological polar surface area (TPSA) is 59.4 Å². The summed E-state index contributed by atoms with van der Waals surface area (Å²) >= 11 is 1.46. The second-order valence-corrected chi connectivity index (χ2v) is 8.73. The van der Waals surface area contributed by atoms with Gasteiger partial charge in [0.25, 0.3) is 5.91 Å². The molecule has 158 valence electrons. The van der Waals surface area contributed by atoms with E-state index in [0.29, 0.717) is 4.88 Å². The number of aromatic nitrogens is 2. The molecule has 1 amide bonds. The smallest absolute Gasteiger partial charge is 0.265 e. The number of amides is 1. The number of ether oxygens (including phenoxy) is 1. The second kappa shape index (κ2) is 8.63. The van der Waals surface area contributed by atoms with Crippen LogP contribution in [0.1, 0.15) is 20.9 Å². The number of anilines is 1. The van der Waals surface area contributed by atoms with Crippen LogP contribution in [0.15, 0.2) is 60.7 Å². The number of nitrogens with one attached hydrogen (secondary N) is 1. The fourth-order valence-corrected chi connectivity index (χ4v) is 4.89. The predicted molar refractivity (Wildman–Crippen MR) is 124 cm³/mol. The molecular formula is C24H24N4O2S. The third-order valence-corrected chi connectivity index (χ3v) is 6.60. The average Bonchev–Trinajstić information content (AvgIpc) is 3.37. The summed E-state index contributed by atoms with van der Waals surface area (Å²) in [4.78, 5) is 16.9. The van der Waals surface area contributed by atoms with Crippen molar-refractivity contribution in [3.05, 3.63) is 76.8 Å². The number of para-hydroxylation sites is 1. The van der Waals surface area contributed by atoms with Crippen LogP contribution in [0.3, 0.4) is 0 Å². The van der Waals surface area contributed by atoms with Crippen molar-refractivity contribution >= 4 is 33.1 Å². The number of thiophene rings is 1. The van der Waals surface area contributed by atoms with Gasteiger partial charge in [0.2, 0.25) is 0 Å². The maximum Gasteiger partial charge on any atom is 0.265 e. The summed E-state index contributed by atoms with van der Waals surface area (Å²) in [7, 11) is 0. The van der Waals surface area contributed by atoms with Crippen LogP contribution in [0.2, 0.25) is 0 Å². The molecule has 1 N–H and O–H groups in total. The van der Waals surface area contributed by atoms with Crippen molar-refractivity contribution < 1.29 is 9.53 Å². The quantitative estimate of drug-likeness (QED) is 0.505. The summed E-state index contributed by atoms with van der Waals surface area (Å²) in [6.07, 6.45) is 0. The van der Waals surface area contributed by atoms with Gasteiger partial charge in [-0.1, -0.05) is 30.3 Å². The van der Waals surface area contributed by atoms with Gasteiger partial charge < -0.3 is 10.1 Å². The van der Waals surface area contributed by atoms with Crippen LogP contribution in [0.5, 0.6) is 0 Å². The van der Waals surface area contributed by atoms with Gasteiger partial charge in [-0.25, -0.2) is 4.68 Å². The number of morpholine rings is 1. The molecule has 4 aromatic rings. The van der Waals surface area contributed by atoms with Crippen molar-refractivity contribution in [3.8, 4) is 5.69 Å². The molecule has 7 heteroatoms. The van der Waals surface area contributed by atoms with E-state index in [-0.39, 0.29) is 5.91 Å². The number of hydrogen-bond acceptors (Lipinski definition) is 5. The van der Waals surface area contributed by atoms with E-state index in [2.05, 4.69) is 27.4 Å². The lowest BCUT2D eigenvalue weighted by atomic mass is 10.2. The molecule has 2 aromatic heterocycles. The van der Waals surface area contributed by atoms with Crippen molar-refractivity contribution in [1.29, 1.82) is 0 Å². The molecule has 2 aromatic carbocycles. The molecule has 1 aliphatic heterocycles. The zero-order valence-electron chi connectivity index (χ0n) is 17.4. The number of nitrogens with zero attached hydrogens (tertiary/aromatic N) is 3. The Kier molecular flexibility index (Phi) is 5.55. The molecule has 1 aliphatic rings. The summed E-state index contributed by atoms with van der Waals surface area (Å²) in [5, 5.41) is 8.69. The molecule has 6 nitrogen and oxygen atoms in total. The molecule has 3 heterocycles. The minimum atomic E-state index is -0.0962. The lowest BCUT2D eigenvalue weighted by molar-refractivity contribution is 0.0342. The second-order valence-electron chi connectivity index (χ2n) is 7.70. The fourth-order valence-electron chi connectivity index (χ4n) is 3.81. The van der Waals surface area contributed by atoms with E-state index in [1.54, 1.807) is 0 Å². The molecular weight excluding hydrogens is 408 g/mol. The van der Waals surface area contributed by atoms with Gasteiger partial charge in [-0.2, -0.15) is 5.10 Å². The van der Waals surface area contributed by atoms with Crippen LogP contribution >= 0.6 is 11.3 Å². The third-order valence-electron chi connectivity index (χ3n) is 5.49. The van der Waals surface area contributed by atoms with E-state index in [0.717, 1.165) is 60.1 Å². The SMILES string of the molecule is Cc1nn(-c2ccccc2)c2sc(C(=O)Nc3ccc(CN4CCOCC4)cc3)cc12. The van der Waals surface area contributed by atoms with Crippen molar-refractivity contribution in [1.82, 2.24) is 14.7 Å². The molecule has 0 saturated carbocycles.